The van der Waals surface area contributed by atoms with Crippen molar-refractivity contribution in [1.29, 1.82) is 0 Å². The molecule has 148 valence electrons. The fourth-order valence-electron chi connectivity index (χ4n) is 3.40. The van der Waals surface area contributed by atoms with Crippen molar-refractivity contribution >= 4 is 16.9 Å². The summed E-state index contributed by atoms with van der Waals surface area (Å²) >= 11 is 0. The maximum atomic E-state index is 4.45. The van der Waals surface area contributed by atoms with Crippen LogP contribution in [0.25, 0.3) is 22.2 Å². The molecule has 0 bridgehead atoms. The number of para-hydroxylation sites is 1. The molecule has 2 aromatic heterocycles. The zero-order valence-electron chi connectivity index (χ0n) is 16.6. The van der Waals surface area contributed by atoms with E-state index >= 15 is 0 Å². The summed E-state index contributed by atoms with van der Waals surface area (Å²) in [6.45, 7) is 2.41. The van der Waals surface area contributed by atoms with Crippen LogP contribution in [-0.2, 0) is 13.1 Å². The van der Waals surface area contributed by atoms with Gasteiger partial charge in [0.25, 0.3) is 0 Å². The van der Waals surface area contributed by atoms with Crippen molar-refractivity contribution in [3.8, 4) is 11.3 Å². The Morgan fingerprint density at radius 2 is 1.86 bits per heavy atom. The molecule has 0 unspecified atom stereocenters. The lowest BCUT2D eigenvalue weighted by atomic mass is 10.2. The average molecular weight is 387 g/mol. The van der Waals surface area contributed by atoms with Crippen LogP contribution in [0.4, 0.5) is 0 Å². The van der Waals surface area contributed by atoms with E-state index in [0.717, 1.165) is 42.6 Å². The summed E-state index contributed by atoms with van der Waals surface area (Å²) in [5.41, 5.74) is 3.43. The number of hydrogen-bond acceptors (Lipinski definition) is 2. The van der Waals surface area contributed by atoms with Gasteiger partial charge in [0, 0.05) is 31.9 Å². The molecule has 4 aromatic rings. The largest absolute Gasteiger partial charge is 0.356 e. The molecule has 2 aromatic carbocycles. The number of benzene rings is 2. The van der Waals surface area contributed by atoms with E-state index in [1.165, 1.54) is 10.9 Å². The van der Waals surface area contributed by atoms with Crippen LogP contribution in [0.3, 0.4) is 0 Å². The molecule has 29 heavy (non-hydrogen) atoms. The summed E-state index contributed by atoms with van der Waals surface area (Å²) in [6, 6.07) is 20.8. The van der Waals surface area contributed by atoms with Crippen molar-refractivity contribution in [1.82, 2.24) is 25.2 Å². The topological polar surface area (TPSA) is 70.0 Å². The van der Waals surface area contributed by atoms with E-state index in [-0.39, 0.29) is 0 Å². The number of fused-ring (bicyclic) bond motifs is 1. The summed E-state index contributed by atoms with van der Waals surface area (Å²) in [5, 5.41) is 7.97. The molecule has 0 aliphatic carbocycles. The predicted molar refractivity (Wildman–Crippen MR) is 119 cm³/mol. The van der Waals surface area contributed by atoms with Gasteiger partial charge in [-0.25, -0.2) is 4.98 Å². The number of aryl methyl sites for hydroxylation is 1. The van der Waals surface area contributed by atoms with Gasteiger partial charge in [0.1, 0.15) is 5.82 Å². The molecular weight excluding hydrogens is 360 g/mol. The molecule has 2 heterocycles. The highest BCUT2D eigenvalue weighted by Crippen LogP contribution is 2.16. The monoisotopic (exact) mass is 386 g/mol. The van der Waals surface area contributed by atoms with Crippen molar-refractivity contribution in [3.05, 3.63) is 78.9 Å². The van der Waals surface area contributed by atoms with E-state index in [1.54, 1.807) is 7.05 Å². The third-order valence-electron chi connectivity index (χ3n) is 4.91. The molecule has 6 heteroatoms. The molecule has 0 aliphatic rings. The van der Waals surface area contributed by atoms with Crippen LogP contribution in [0.5, 0.6) is 0 Å². The lowest BCUT2D eigenvalue weighted by Crippen LogP contribution is -2.37. The Hall–Kier alpha value is -3.54. The number of imidazole rings is 1. The van der Waals surface area contributed by atoms with Gasteiger partial charge in [0.15, 0.2) is 5.96 Å². The van der Waals surface area contributed by atoms with Gasteiger partial charge in [-0.2, -0.15) is 0 Å². The summed E-state index contributed by atoms with van der Waals surface area (Å²) in [5.74, 6) is 1.66. The number of aromatic nitrogens is 3. The quantitative estimate of drug-likeness (QED) is 0.257. The minimum absolute atomic E-state index is 0.592. The third-order valence-corrected chi connectivity index (χ3v) is 4.91. The van der Waals surface area contributed by atoms with Crippen molar-refractivity contribution in [2.24, 2.45) is 4.99 Å². The summed E-state index contributed by atoms with van der Waals surface area (Å²) in [4.78, 5) is 12.1. The number of aliphatic imine (C=N–C) groups is 1. The number of rotatable bonds is 7. The molecular formula is C23H26N6. The van der Waals surface area contributed by atoms with E-state index in [2.05, 4.69) is 78.8 Å². The van der Waals surface area contributed by atoms with Crippen LogP contribution >= 0.6 is 0 Å². The molecule has 4 rings (SSSR count). The Balaban J connectivity index is 1.23. The maximum Gasteiger partial charge on any atom is 0.191 e. The Kier molecular flexibility index (Phi) is 5.90. The van der Waals surface area contributed by atoms with Crippen LogP contribution in [0.1, 0.15) is 12.2 Å². The van der Waals surface area contributed by atoms with E-state index in [0.29, 0.717) is 6.54 Å². The van der Waals surface area contributed by atoms with Gasteiger partial charge in [-0.15, -0.1) is 0 Å². The first kappa shape index (κ1) is 18.8. The number of aromatic amines is 1. The van der Waals surface area contributed by atoms with Gasteiger partial charge < -0.3 is 20.2 Å². The van der Waals surface area contributed by atoms with Crippen LogP contribution in [0, 0.1) is 0 Å². The summed E-state index contributed by atoms with van der Waals surface area (Å²) in [7, 11) is 1.78. The van der Waals surface area contributed by atoms with E-state index < -0.39 is 0 Å². The average Bonchev–Trinajstić information content (AvgIpc) is 3.41. The van der Waals surface area contributed by atoms with E-state index in [9.17, 15) is 0 Å². The first-order chi connectivity index (χ1) is 14.3. The maximum absolute atomic E-state index is 4.45. The molecule has 6 nitrogen and oxygen atoms in total. The summed E-state index contributed by atoms with van der Waals surface area (Å²) < 4.78 is 2.29. The predicted octanol–water partition coefficient (Wildman–Crippen LogP) is 3.79. The van der Waals surface area contributed by atoms with Gasteiger partial charge in [-0.1, -0.05) is 48.5 Å². The van der Waals surface area contributed by atoms with Crippen LogP contribution in [0.15, 0.2) is 78.0 Å². The van der Waals surface area contributed by atoms with Gasteiger partial charge in [-0.3, -0.25) is 4.99 Å². The second-order valence-electron chi connectivity index (χ2n) is 6.88. The van der Waals surface area contributed by atoms with E-state index in [4.69, 9.17) is 0 Å². The first-order valence-corrected chi connectivity index (χ1v) is 9.91. The zero-order valence-corrected chi connectivity index (χ0v) is 16.6. The third kappa shape index (κ3) is 4.66. The molecule has 0 fully saturated rings. The summed E-state index contributed by atoms with van der Waals surface area (Å²) in [6.07, 6.45) is 5.03. The molecule has 0 radical (unpaired) electrons. The highest BCUT2D eigenvalue weighted by molar-refractivity contribution is 5.80. The minimum Gasteiger partial charge on any atom is -0.356 e. The molecule has 0 saturated carbocycles. The molecule has 0 spiro atoms. The standard InChI is InChI=1S/C23H26N6/c1-24-23(25-13-7-14-29-15-12-19-10-5-6-11-21(19)29)27-17-22-26-16-20(28-22)18-8-3-2-4-9-18/h2-6,8-12,15-16H,7,13-14,17H2,1H3,(H,26,28)(H2,24,25,27). The molecule has 0 saturated heterocycles. The first-order valence-electron chi connectivity index (χ1n) is 9.91. The second kappa shape index (κ2) is 9.10. The number of guanidine groups is 1. The zero-order chi connectivity index (χ0) is 19.9. The minimum atomic E-state index is 0.592. The fraction of sp³-hybridized carbons (Fsp3) is 0.217. The number of H-pyrrole nitrogens is 1. The van der Waals surface area contributed by atoms with Gasteiger partial charge in [0.05, 0.1) is 18.4 Å². The number of nitrogens with zero attached hydrogens (tertiary/aromatic N) is 3. The van der Waals surface area contributed by atoms with Crippen LogP contribution < -0.4 is 10.6 Å². The van der Waals surface area contributed by atoms with Gasteiger partial charge in [-0.05, 0) is 29.5 Å². The number of nitrogens with one attached hydrogen (secondary N) is 3. The highest BCUT2D eigenvalue weighted by Gasteiger charge is 2.04. The van der Waals surface area contributed by atoms with Crippen molar-refractivity contribution in [2.75, 3.05) is 13.6 Å². The normalized spacial score (nSPS) is 11.7. The molecule has 0 atom stereocenters. The van der Waals surface area contributed by atoms with Crippen molar-refractivity contribution < 1.29 is 0 Å². The Labute approximate surface area is 170 Å². The second-order valence-corrected chi connectivity index (χ2v) is 6.88. The fourth-order valence-corrected chi connectivity index (χ4v) is 3.40. The SMILES string of the molecule is CN=C(NCCCn1ccc2ccccc21)NCc1ncc(-c2ccccc2)[nH]1. The van der Waals surface area contributed by atoms with Crippen molar-refractivity contribution in [3.63, 3.8) is 0 Å². The van der Waals surface area contributed by atoms with E-state index in [1.807, 2.05) is 24.4 Å². The van der Waals surface area contributed by atoms with Crippen LogP contribution in [0.2, 0.25) is 0 Å². The Morgan fingerprint density at radius 3 is 2.72 bits per heavy atom. The molecule has 0 amide bonds. The van der Waals surface area contributed by atoms with Crippen LogP contribution in [-0.4, -0.2) is 34.1 Å². The smallest absolute Gasteiger partial charge is 0.191 e. The molecule has 3 N–H and O–H groups in total. The van der Waals surface area contributed by atoms with Gasteiger partial charge in [0.2, 0.25) is 0 Å². The Morgan fingerprint density at radius 1 is 1.03 bits per heavy atom. The van der Waals surface area contributed by atoms with Crippen molar-refractivity contribution in [2.45, 2.75) is 19.5 Å². The lowest BCUT2D eigenvalue weighted by molar-refractivity contribution is 0.639. The Bertz CT molecular complexity index is 1080. The lowest BCUT2D eigenvalue weighted by Gasteiger charge is -2.11. The van der Waals surface area contributed by atoms with Gasteiger partial charge >= 0.3 is 0 Å². The number of hydrogen-bond donors (Lipinski definition) is 3. The molecule has 0 aliphatic heterocycles. The highest BCUT2D eigenvalue weighted by atomic mass is 15.2.